The molecule has 0 aliphatic rings. The SMILES string of the molecule is C=CC(=O)OC(CCC(F)C(O)(F)C(F)(F)F)C(F)(F)F. The number of rotatable bonds is 6. The molecular weight excluding hydrogens is 320 g/mol. The molecule has 124 valence electrons. The minimum atomic E-state index is -6.02. The highest BCUT2D eigenvalue weighted by atomic mass is 19.4. The van der Waals surface area contributed by atoms with E-state index < -0.39 is 49.3 Å². The minimum Gasteiger partial charge on any atom is -0.450 e. The Kier molecular flexibility index (Phi) is 6.15. The van der Waals surface area contributed by atoms with E-state index in [4.69, 9.17) is 5.11 Å². The van der Waals surface area contributed by atoms with Crippen LogP contribution >= 0.6 is 0 Å². The molecule has 3 nitrogen and oxygen atoms in total. The van der Waals surface area contributed by atoms with Gasteiger partial charge in [0.2, 0.25) is 0 Å². The number of carbonyl (C=O) groups is 1. The fraction of sp³-hybridized carbons (Fsp3) is 0.700. The van der Waals surface area contributed by atoms with Gasteiger partial charge in [-0.25, -0.2) is 9.18 Å². The second-order valence-electron chi connectivity index (χ2n) is 3.89. The Hall–Kier alpha value is -1.39. The van der Waals surface area contributed by atoms with Crippen LogP contribution in [-0.2, 0) is 9.53 Å². The van der Waals surface area contributed by atoms with Gasteiger partial charge in [-0.2, -0.15) is 30.7 Å². The monoisotopic (exact) mass is 330 g/mol. The van der Waals surface area contributed by atoms with Gasteiger partial charge in [-0.05, 0) is 12.8 Å². The Morgan fingerprint density at radius 1 is 1.14 bits per heavy atom. The minimum absolute atomic E-state index is 0.354. The zero-order valence-corrected chi connectivity index (χ0v) is 10.1. The lowest BCUT2D eigenvalue weighted by Gasteiger charge is -2.27. The lowest BCUT2D eigenvalue weighted by molar-refractivity contribution is -0.337. The molecule has 0 aliphatic carbocycles. The highest BCUT2D eigenvalue weighted by Gasteiger charge is 2.61. The second-order valence-corrected chi connectivity index (χ2v) is 3.89. The summed E-state index contributed by atoms with van der Waals surface area (Å²) in [5, 5.41) is 8.29. The molecule has 0 aromatic heterocycles. The fourth-order valence-electron chi connectivity index (χ4n) is 1.14. The van der Waals surface area contributed by atoms with Crippen LogP contribution in [0, 0.1) is 0 Å². The maximum atomic E-state index is 13.0. The standard InChI is InChI=1S/C10H10F8O3/c1-2-7(19)21-6(9(13,14)15)4-3-5(11)8(12,20)10(16,17)18/h2,5-6,20H,1,3-4H2. The second kappa shape index (κ2) is 6.58. The van der Waals surface area contributed by atoms with E-state index in [0.29, 0.717) is 6.08 Å². The van der Waals surface area contributed by atoms with Crippen molar-refractivity contribution in [1.82, 2.24) is 0 Å². The largest absolute Gasteiger partial charge is 0.451 e. The van der Waals surface area contributed by atoms with E-state index in [1.54, 1.807) is 0 Å². The Bertz CT molecular complexity index is 373. The van der Waals surface area contributed by atoms with E-state index in [0.717, 1.165) is 0 Å². The Labute approximate surface area is 113 Å². The molecule has 0 aromatic carbocycles. The van der Waals surface area contributed by atoms with E-state index in [9.17, 15) is 39.9 Å². The van der Waals surface area contributed by atoms with Crippen LogP contribution in [0.4, 0.5) is 35.1 Å². The highest BCUT2D eigenvalue weighted by molar-refractivity contribution is 5.81. The molecule has 21 heavy (non-hydrogen) atoms. The number of hydrogen-bond donors (Lipinski definition) is 1. The smallest absolute Gasteiger partial charge is 0.450 e. The average molecular weight is 330 g/mol. The third-order valence-corrected chi connectivity index (χ3v) is 2.29. The van der Waals surface area contributed by atoms with Crippen molar-refractivity contribution in [3.8, 4) is 0 Å². The van der Waals surface area contributed by atoms with E-state index in [1.807, 2.05) is 0 Å². The van der Waals surface area contributed by atoms with Crippen LogP contribution in [0.5, 0.6) is 0 Å². The predicted molar refractivity (Wildman–Crippen MR) is 52.4 cm³/mol. The number of hydrogen-bond acceptors (Lipinski definition) is 3. The van der Waals surface area contributed by atoms with Gasteiger partial charge in [-0.15, -0.1) is 0 Å². The third-order valence-electron chi connectivity index (χ3n) is 2.29. The van der Waals surface area contributed by atoms with Gasteiger partial charge in [0.05, 0.1) is 0 Å². The van der Waals surface area contributed by atoms with Gasteiger partial charge in [0.1, 0.15) is 0 Å². The molecule has 0 amide bonds. The summed E-state index contributed by atoms with van der Waals surface area (Å²) in [6.07, 6.45) is -20.7. The highest BCUT2D eigenvalue weighted by Crippen LogP contribution is 2.38. The van der Waals surface area contributed by atoms with Gasteiger partial charge in [0.15, 0.2) is 12.3 Å². The van der Waals surface area contributed by atoms with E-state index in [-0.39, 0.29) is 0 Å². The van der Waals surface area contributed by atoms with Crippen molar-refractivity contribution in [3.05, 3.63) is 12.7 Å². The summed E-state index contributed by atoms with van der Waals surface area (Å²) in [6.45, 7) is 2.80. The normalized spacial score (nSPS) is 18.5. The molecule has 0 rings (SSSR count). The first-order chi connectivity index (χ1) is 9.23. The summed E-state index contributed by atoms with van der Waals surface area (Å²) >= 11 is 0. The molecule has 3 atom stereocenters. The number of halogens is 8. The van der Waals surface area contributed by atoms with Crippen LogP contribution < -0.4 is 0 Å². The molecule has 0 aromatic rings. The van der Waals surface area contributed by atoms with Crippen molar-refractivity contribution in [1.29, 1.82) is 0 Å². The van der Waals surface area contributed by atoms with E-state index >= 15 is 0 Å². The summed E-state index contributed by atoms with van der Waals surface area (Å²) in [5.74, 6) is -6.84. The molecular formula is C10H10F8O3. The third kappa shape index (κ3) is 5.48. The first-order valence-electron chi connectivity index (χ1n) is 5.25. The molecule has 0 fully saturated rings. The van der Waals surface area contributed by atoms with Gasteiger partial charge in [0.25, 0.3) is 0 Å². The number of alkyl halides is 8. The Morgan fingerprint density at radius 3 is 1.95 bits per heavy atom. The summed E-state index contributed by atoms with van der Waals surface area (Å²) in [5.41, 5.74) is 0. The number of carbonyl (C=O) groups excluding carboxylic acids is 1. The van der Waals surface area contributed by atoms with Gasteiger partial charge in [-0.1, -0.05) is 6.58 Å². The first-order valence-corrected chi connectivity index (χ1v) is 5.25. The molecule has 0 radical (unpaired) electrons. The Morgan fingerprint density at radius 2 is 1.62 bits per heavy atom. The van der Waals surface area contributed by atoms with Gasteiger partial charge < -0.3 is 9.84 Å². The number of ether oxygens (including phenoxy) is 1. The molecule has 0 heterocycles. The topological polar surface area (TPSA) is 46.5 Å². The zero-order valence-electron chi connectivity index (χ0n) is 10.1. The molecule has 0 bridgehead atoms. The molecule has 3 unspecified atom stereocenters. The van der Waals surface area contributed by atoms with Crippen molar-refractivity contribution in [2.45, 2.75) is 43.3 Å². The van der Waals surface area contributed by atoms with Gasteiger partial charge in [0, 0.05) is 6.08 Å². The van der Waals surface area contributed by atoms with E-state index in [2.05, 4.69) is 11.3 Å². The maximum Gasteiger partial charge on any atom is 0.451 e. The summed E-state index contributed by atoms with van der Waals surface area (Å²) in [7, 11) is 0. The molecule has 0 spiro atoms. The van der Waals surface area contributed by atoms with Crippen LogP contribution in [0.1, 0.15) is 12.8 Å². The molecule has 0 saturated carbocycles. The van der Waals surface area contributed by atoms with Crippen LogP contribution in [0.15, 0.2) is 12.7 Å². The Balaban J connectivity index is 4.84. The van der Waals surface area contributed by atoms with Crippen molar-refractivity contribution in [2.24, 2.45) is 0 Å². The van der Waals surface area contributed by atoms with Crippen molar-refractivity contribution in [3.63, 3.8) is 0 Å². The molecule has 0 aliphatic heterocycles. The molecule has 1 N–H and O–H groups in total. The zero-order chi connectivity index (χ0) is 17.1. The van der Waals surface area contributed by atoms with Crippen molar-refractivity contribution in [2.75, 3.05) is 0 Å². The quantitative estimate of drug-likeness (QED) is 0.463. The number of aliphatic hydroxyl groups is 1. The van der Waals surface area contributed by atoms with Gasteiger partial charge >= 0.3 is 24.2 Å². The van der Waals surface area contributed by atoms with Crippen molar-refractivity contribution < 1.29 is 49.8 Å². The average Bonchev–Trinajstić information content (AvgIpc) is 2.30. The van der Waals surface area contributed by atoms with Crippen LogP contribution in [0.25, 0.3) is 0 Å². The first kappa shape index (κ1) is 19.6. The summed E-state index contributed by atoms with van der Waals surface area (Å²) in [6, 6.07) is 0. The van der Waals surface area contributed by atoms with Crippen LogP contribution in [0.3, 0.4) is 0 Å². The van der Waals surface area contributed by atoms with Crippen molar-refractivity contribution >= 4 is 5.97 Å². The lowest BCUT2D eigenvalue weighted by atomic mass is 10.0. The predicted octanol–water partition coefficient (Wildman–Crippen LogP) is 2.99. The maximum absolute atomic E-state index is 13.0. The van der Waals surface area contributed by atoms with Crippen LogP contribution in [0.2, 0.25) is 0 Å². The molecule has 11 heteroatoms. The van der Waals surface area contributed by atoms with Crippen LogP contribution in [-0.4, -0.2) is 41.6 Å². The summed E-state index contributed by atoms with van der Waals surface area (Å²) < 4.78 is 102. The van der Waals surface area contributed by atoms with E-state index in [1.165, 1.54) is 0 Å². The van der Waals surface area contributed by atoms with Gasteiger partial charge in [-0.3, -0.25) is 0 Å². The molecule has 0 saturated heterocycles. The number of esters is 1. The summed E-state index contributed by atoms with van der Waals surface area (Å²) in [4.78, 5) is 10.6. The fourth-order valence-corrected chi connectivity index (χ4v) is 1.14. The lowest BCUT2D eigenvalue weighted by Crippen LogP contribution is -2.49.